The van der Waals surface area contributed by atoms with E-state index in [-0.39, 0.29) is 28.9 Å². The van der Waals surface area contributed by atoms with Crippen LogP contribution in [-0.2, 0) is 17.9 Å². The molecule has 3 aromatic carbocycles. The summed E-state index contributed by atoms with van der Waals surface area (Å²) in [6, 6.07) is 20.6. The van der Waals surface area contributed by atoms with Crippen molar-refractivity contribution in [1.29, 1.82) is 0 Å². The molecule has 0 unspecified atom stereocenters. The van der Waals surface area contributed by atoms with E-state index < -0.39 is 11.9 Å². The molecule has 8 heteroatoms. The fourth-order valence-corrected chi connectivity index (χ4v) is 3.86. The quantitative estimate of drug-likeness (QED) is 0.336. The van der Waals surface area contributed by atoms with Crippen LogP contribution < -0.4 is 25.4 Å². The number of ether oxygens (including phenoxy) is 2. The maximum atomic E-state index is 13.3. The molecule has 0 aliphatic heterocycles. The van der Waals surface area contributed by atoms with Crippen molar-refractivity contribution in [1.82, 2.24) is 16.0 Å². The van der Waals surface area contributed by atoms with Crippen molar-refractivity contribution in [2.45, 2.75) is 39.4 Å². The predicted molar refractivity (Wildman–Crippen MR) is 146 cm³/mol. The SMILES string of the molecule is CC[C@H](C)[C@@H](NC(=O)c1ccccc1C(=O)NCc1ccc(OC)cc1)C(=O)NCc1ccc(OC)cc1. The van der Waals surface area contributed by atoms with Gasteiger partial charge in [-0.05, 0) is 53.4 Å². The van der Waals surface area contributed by atoms with E-state index in [1.807, 2.05) is 62.4 Å². The van der Waals surface area contributed by atoms with Crippen LogP contribution in [0, 0.1) is 5.92 Å². The first-order valence-electron chi connectivity index (χ1n) is 12.6. The summed E-state index contributed by atoms with van der Waals surface area (Å²) in [5.74, 6) is 0.194. The summed E-state index contributed by atoms with van der Waals surface area (Å²) in [7, 11) is 3.19. The largest absolute Gasteiger partial charge is 0.497 e. The van der Waals surface area contributed by atoms with Crippen LogP contribution in [0.4, 0.5) is 0 Å². The van der Waals surface area contributed by atoms with Crippen molar-refractivity contribution < 1.29 is 23.9 Å². The number of hydrogen-bond donors (Lipinski definition) is 3. The van der Waals surface area contributed by atoms with E-state index >= 15 is 0 Å². The normalized spacial score (nSPS) is 12.1. The molecular formula is C30H35N3O5. The molecule has 0 radical (unpaired) electrons. The molecule has 0 aliphatic carbocycles. The zero-order valence-corrected chi connectivity index (χ0v) is 22.2. The Labute approximate surface area is 223 Å². The van der Waals surface area contributed by atoms with Gasteiger partial charge in [0.05, 0.1) is 25.3 Å². The monoisotopic (exact) mass is 517 g/mol. The average molecular weight is 518 g/mol. The highest BCUT2D eigenvalue weighted by molar-refractivity contribution is 6.08. The third-order valence-corrected chi connectivity index (χ3v) is 6.44. The summed E-state index contributed by atoms with van der Waals surface area (Å²) in [6.45, 7) is 4.48. The summed E-state index contributed by atoms with van der Waals surface area (Å²) >= 11 is 0. The Morgan fingerprint density at radius 2 is 1.18 bits per heavy atom. The third kappa shape index (κ3) is 7.59. The molecule has 3 rings (SSSR count). The Kier molecular flexibility index (Phi) is 10.3. The highest BCUT2D eigenvalue weighted by atomic mass is 16.5. The van der Waals surface area contributed by atoms with Gasteiger partial charge in [0.2, 0.25) is 5.91 Å². The zero-order chi connectivity index (χ0) is 27.5. The van der Waals surface area contributed by atoms with Crippen LogP contribution in [0.2, 0.25) is 0 Å². The smallest absolute Gasteiger partial charge is 0.252 e. The summed E-state index contributed by atoms with van der Waals surface area (Å²) in [5, 5.41) is 8.62. The van der Waals surface area contributed by atoms with Gasteiger partial charge in [0.15, 0.2) is 0 Å². The van der Waals surface area contributed by atoms with Gasteiger partial charge < -0.3 is 25.4 Å². The van der Waals surface area contributed by atoms with Crippen molar-refractivity contribution in [3.63, 3.8) is 0 Å². The minimum Gasteiger partial charge on any atom is -0.497 e. The molecule has 3 aromatic rings. The Morgan fingerprint density at radius 3 is 1.66 bits per heavy atom. The van der Waals surface area contributed by atoms with E-state index in [2.05, 4.69) is 16.0 Å². The molecular weight excluding hydrogens is 482 g/mol. The molecule has 2 atom stereocenters. The summed E-state index contributed by atoms with van der Waals surface area (Å²) in [6.07, 6.45) is 0.685. The van der Waals surface area contributed by atoms with Gasteiger partial charge >= 0.3 is 0 Å². The van der Waals surface area contributed by atoms with Gasteiger partial charge in [-0.1, -0.05) is 56.7 Å². The number of rotatable bonds is 12. The second-order valence-corrected chi connectivity index (χ2v) is 8.98. The topological polar surface area (TPSA) is 106 Å². The Hall–Kier alpha value is -4.33. The Bertz CT molecular complexity index is 1230. The molecule has 0 saturated heterocycles. The number of benzene rings is 3. The Balaban J connectivity index is 1.67. The number of carbonyl (C=O) groups excluding carboxylic acids is 3. The fraction of sp³-hybridized carbons (Fsp3) is 0.300. The molecule has 0 aromatic heterocycles. The molecule has 0 bridgehead atoms. The van der Waals surface area contributed by atoms with E-state index in [9.17, 15) is 14.4 Å². The van der Waals surface area contributed by atoms with Gasteiger partial charge in [-0.3, -0.25) is 14.4 Å². The van der Waals surface area contributed by atoms with Crippen LogP contribution in [0.1, 0.15) is 52.1 Å². The molecule has 38 heavy (non-hydrogen) atoms. The van der Waals surface area contributed by atoms with Crippen molar-refractivity contribution in [3.8, 4) is 11.5 Å². The van der Waals surface area contributed by atoms with Crippen molar-refractivity contribution in [3.05, 3.63) is 95.1 Å². The van der Waals surface area contributed by atoms with Crippen LogP contribution in [-0.4, -0.2) is 38.0 Å². The Morgan fingerprint density at radius 1 is 0.711 bits per heavy atom. The first-order chi connectivity index (χ1) is 18.4. The van der Waals surface area contributed by atoms with Crippen LogP contribution in [0.5, 0.6) is 11.5 Å². The number of hydrogen-bond acceptors (Lipinski definition) is 5. The zero-order valence-electron chi connectivity index (χ0n) is 22.2. The molecule has 0 fully saturated rings. The van der Waals surface area contributed by atoms with E-state index in [1.165, 1.54) is 0 Å². The second-order valence-electron chi connectivity index (χ2n) is 8.98. The molecule has 3 amide bonds. The van der Waals surface area contributed by atoms with E-state index in [0.717, 1.165) is 22.6 Å². The lowest BCUT2D eigenvalue weighted by molar-refractivity contribution is -0.124. The standard InChI is InChI=1S/C30H35N3O5/c1-5-20(2)27(30(36)32-19-22-12-16-24(38-4)17-13-22)33-29(35)26-9-7-6-8-25(26)28(34)31-18-21-10-14-23(37-3)15-11-21/h6-17,20,27H,5,18-19H2,1-4H3,(H,31,34)(H,32,36)(H,33,35)/t20-,27+/m0/s1. The number of nitrogens with one attached hydrogen (secondary N) is 3. The van der Waals surface area contributed by atoms with Gasteiger partial charge in [-0.25, -0.2) is 0 Å². The summed E-state index contributed by atoms with van der Waals surface area (Å²) in [5.41, 5.74) is 2.25. The maximum Gasteiger partial charge on any atom is 0.252 e. The lowest BCUT2D eigenvalue weighted by Gasteiger charge is -2.24. The first-order valence-corrected chi connectivity index (χ1v) is 12.6. The lowest BCUT2D eigenvalue weighted by atomic mass is 9.97. The van der Waals surface area contributed by atoms with E-state index in [1.54, 1.807) is 38.5 Å². The second kappa shape index (κ2) is 13.8. The summed E-state index contributed by atoms with van der Waals surface area (Å²) in [4.78, 5) is 39.4. The molecule has 0 spiro atoms. The lowest BCUT2D eigenvalue weighted by Crippen LogP contribution is -2.50. The fourth-order valence-electron chi connectivity index (χ4n) is 3.86. The molecule has 0 saturated carbocycles. The minimum absolute atomic E-state index is 0.120. The third-order valence-electron chi connectivity index (χ3n) is 6.44. The van der Waals surface area contributed by atoms with Crippen molar-refractivity contribution in [2.24, 2.45) is 5.92 Å². The van der Waals surface area contributed by atoms with Crippen LogP contribution in [0.25, 0.3) is 0 Å². The van der Waals surface area contributed by atoms with Crippen LogP contribution in [0.15, 0.2) is 72.8 Å². The summed E-state index contributed by atoms with van der Waals surface area (Å²) < 4.78 is 10.3. The minimum atomic E-state index is -0.763. The van der Waals surface area contributed by atoms with E-state index in [0.29, 0.717) is 19.5 Å². The average Bonchev–Trinajstić information content (AvgIpc) is 2.97. The number of amides is 3. The van der Waals surface area contributed by atoms with Crippen molar-refractivity contribution >= 4 is 17.7 Å². The van der Waals surface area contributed by atoms with Gasteiger partial charge in [0.1, 0.15) is 17.5 Å². The van der Waals surface area contributed by atoms with Crippen molar-refractivity contribution in [2.75, 3.05) is 14.2 Å². The molecule has 3 N–H and O–H groups in total. The molecule has 0 heterocycles. The number of methoxy groups -OCH3 is 2. The van der Waals surface area contributed by atoms with Crippen LogP contribution in [0.3, 0.4) is 0 Å². The van der Waals surface area contributed by atoms with Gasteiger partial charge in [-0.15, -0.1) is 0 Å². The predicted octanol–water partition coefficient (Wildman–Crippen LogP) is 4.09. The maximum absolute atomic E-state index is 13.3. The molecule has 8 nitrogen and oxygen atoms in total. The van der Waals surface area contributed by atoms with Gasteiger partial charge in [0.25, 0.3) is 11.8 Å². The van der Waals surface area contributed by atoms with Crippen LogP contribution >= 0.6 is 0 Å². The highest BCUT2D eigenvalue weighted by Crippen LogP contribution is 2.15. The van der Waals surface area contributed by atoms with Gasteiger partial charge in [0, 0.05) is 13.1 Å². The molecule has 200 valence electrons. The first kappa shape index (κ1) is 28.2. The van der Waals surface area contributed by atoms with Gasteiger partial charge in [-0.2, -0.15) is 0 Å². The molecule has 0 aliphatic rings. The van der Waals surface area contributed by atoms with E-state index in [4.69, 9.17) is 9.47 Å². The highest BCUT2D eigenvalue weighted by Gasteiger charge is 2.27. The number of carbonyl (C=O) groups is 3.